The van der Waals surface area contributed by atoms with Crippen LogP contribution in [0.15, 0.2) is 17.1 Å². The van der Waals surface area contributed by atoms with Crippen LogP contribution in [-0.4, -0.2) is 46.1 Å². The van der Waals surface area contributed by atoms with Crippen molar-refractivity contribution in [3.63, 3.8) is 0 Å². The predicted octanol–water partition coefficient (Wildman–Crippen LogP) is 0.545. The Morgan fingerprint density at radius 1 is 1.33 bits per heavy atom. The molecule has 0 unspecified atom stereocenters. The van der Waals surface area contributed by atoms with E-state index in [2.05, 4.69) is 10.3 Å². The highest BCUT2D eigenvalue weighted by Gasteiger charge is 2.50. The minimum absolute atomic E-state index is 0.224. The van der Waals surface area contributed by atoms with Crippen molar-refractivity contribution in [2.45, 2.75) is 25.8 Å². The van der Waals surface area contributed by atoms with Crippen LogP contribution in [0.3, 0.4) is 0 Å². The Morgan fingerprint density at radius 3 is 2.48 bits per heavy atom. The number of nitrogens with one attached hydrogen (secondary N) is 1. The minimum Gasteiger partial charge on any atom is -0.304 e. The van der Waals surface area contributed by atoms with E-state index in [9.17, 15) is 14.4 Å². The molecule has 0 saturated carbocycles. The number of hydrogen-bond donors (Lipinski definition) is 1. The molecule has 0 aromatic rings. The third kappa shape index (κ3) is 2.50. The summed E-state index contributed by atoms with van der Waals surface area (Å²) in [5.41, 5.74) is 0. The zero-order valence-electron chi connectivity index (χ0n) is 11.7. The first kappa shape index (κ1) is 14.3. The van der Waals surface area contributed by atoms with Gasteiger partial charge in [-0.15, -0.1) is 0 Å². The average molecular weight is 307 g/mol. The fraction of sp³-hybridized carbons (Fsp3) is 0.571. The lowest BCUT2D eigenvalue weighted by Crippen LogP contribution is -2.49. The molecule has 1 N–H and O–H groups in total. The highest BCUT2D eigenvalue weighted by Crippen LogP contribution is 2.36. The van der Waals surface area contributed by atoms with Crippen LogP contribution in [-0.2, 0) is 14.4 Å². The maximum absolute atomic E-state index is 12.4. The highest BCUT2D eigenvalue weighted by atomic mass is 32.2. The van der Waals surface area contributed by atoms with Gasteiger partial charge in [-0.05, 0) is 19.8 Å². The Labute approximate surface area is 127 Å². The first-order valence-corrected chi connectivity index (χ1v) is 8.08. The number of thioether (sulfide) groups is 1. The van der Waals surface area contributed by atoms with Gasteiger partial charge in [0.05, 0.1) is 18.4 Å². The van der Waals surface area contributed by atoms with Crippen LogP contribution in [0.25, 0.3) is 0 Å². The number of imide groups is 1. The van der Waals surface area contributed by atoms with Gasteiger partial charge in [-0.2, -0.15) is 0 Å². The van der Waals surface area contributed by atoms with Crippen molar-refractivity contribution in [1.29, 1.82) is 0 Å². The summed E-state index contributed by atoms with van der Waals surface area (Å²) in [4.78, 5) is 42.3. The predicted molar refractivity (Wildman–Crippen MR) is 79.6 cm³/mol. The molecule has 1 saturated heterocycles. The lowest BCUT2D eigenvalue weighted by atomic mass is 9.85. The summed E-state index contributed by atoms with van der Waals surface area (Å²) in [6.45, 7) is 2.28. The van der Waals surface area contributed by atoms with E-state index in [-0.39, 0.29) is 29.6 Å². The van der Waals surface area contributed by atoms with Crippen LogP contribution >= 0.6 is 11.8 Å². The largest absolute Gasteiger partial charge is 0.304 e. The normalized spacial score (nSPS) is 29.4. The number of nitrogens with zero attached hydrogens (tertiary/aromatic N) is 2. The maximum atomic E-state index is 12.4. The third-order valence-electron chi connectivity index (χ3n) is 4.12. The molecule has 6 nitrogen and oxygen atoms in total. The van der Waals surface area contributed by atoms with Crippen molar-refractivity contribution in [3.05, 3.63) is 12.2 Å². The molecule has 0 aromatic heterocycles. The molecular weight excluding hydrogens is 290 g/mol. The number of rotatable bonds is 2. The number of carbonyl (C=O) groups excluding carboxylic acids is 3. The monoisotopic (exact) mass is 307 g/mol. The Bertz CT molecular complexity index is 532. The first-order valence-electron chi connectivity index (χ1n) is 7.09. The van der Waals surface area contributed by atoms with Crippen molar-refractivity contribution in [2.75, 3.05) is 12.3 Å². The number of amidine groups is 1. The number of fused-ring (bicyclic) bond motifs is 1. The van der Waals surface area contributed by atoms with E-state index in [1.165, 1.54) is 11.8 Å². The molecule has 3 amide bonds. The topological polar surface area (TPSA) is 78.8 Å². The zero-order chi connectivity index (χ0) is 15.0. The quantitative estimate of drug-likeness (QED) is 0.597. The molecule has 3 aliphatic rings. The number of aliphatic imine (C=N–C) groups is 1. The summed E-state index contributed by atoms with van der Waals surface area (Å²) in [6, 6.07) is -0.792. The second-order valence-electron chi connectivity index (χ2n) is 5.40. The van der Waals surface area contributed by atoms with Crippen molar-refractivity contribution in [3.8, 4) is 0 Å². The summed E-state index contributed by atoms with van der Waals surface area (Å²) in [6.07, 6.45) is 5.04. The van der Waals surface area contributed by atoms with Crippen LogP contribution in [0.5, 0.6) is 0 Å². The van der Waals surface area contributed by atoms with Gasteiger partial charge < -0.3 is 5.32 Å². The second kappa shape index (κ2) is 5.63. The molecule has 112 valence electrons. The van der Waals surface area contributed by atoms with E-state index in [4.69, 9.17) is 0 Å². The molecule has 1 fully saturated rings. The lowest BCUT2D eigenvalue weighted by molar-refractivity contribution is -0.146. The highest BCUT2D eigenvalue weighted by molar-refractivity contribution is 8.14. The van der Waals surface area contributed by atoms with E-state index >= 15 is 0 Å². The summed E-state index contributed by atoms with van der Waals surface area (Å²) in [5.74, 6) is -0.541. The SMILES string of the molecule is C[C@H](C(=O)NC1=NCCS1)N1C(=O)[C@H]2CC=CC[C@@H]2C1=O. The van der Waals surface area contributed by atoms with Gasteiger partial charge in [0.1, 0.15) is 6.04 Å². The van der Waals surface area contributed by atoms with E-state index in [0.29, 0.717) is 24.6 Å². The van der Waals surface area contributed by atoms with Gasteiger partial charge in [0, 0.05) is 5.75 Å². The molecule has 2 aliphatic heterocycles. The van der Waals surface area contributed by atoms with E-state index in [1.54, 1.807) is 6.92 Å². The van der Waals surface area contributed by atoms with Gasteiger partial charge in [0.25, 0.3) is 0 Å². The summed E-state index contributed by atoms with van der Waals surface area (Å²) < 4.78 is 0. The molecule has 0 bridgehead atoms. The fourth-order valence-corrected chi connectivity index (χ4v) is 3.68. The third-order valence-corrected chi connectivity index (χ3v) is 5.02. The molecular formula is C14H17N3O3S. The molecule has 7 heteroatoms. The van der Waals surface area contributed by atoms with Crippen molar-refractivity contribution >= 4 is 34.7 Å². The van der Waals surface area contributed by atoms with Gasteiger partial charge in [0.15, 0.2) is 5.17 Å². The van der Waals surface area contributed by atoms with Crippen molar-refractivity contribution in [2.24, 2.45) is 16.8 Å². The van der Waals surface area contributed by atoms with Crippen LogP contribution < -0.4 is 5.32 Å². The van der Waals surface area contributed by atoms with Crippen LogP contribution in [0.4, 0.5) is 0 Å². The molecule has 3 atom stereocenters. The summed E-state index contributed by atoms with van der Waals surface area (Å²) >= 11 is 1.47. The smallest absolute Gasteiger partial charge is 0.248 e. The molecule has 0 aromatic carbocycles. The van der Waals surface area contributed by atoms with Gasteiger partial charge in [-0.3, -0.25) is 24.3 Å². The lowest BCUT2D eigenvalue weighted by Gasteiger charge is -2.22. The molecule has 0 spiro atoms. The first-order chi connectivity index (χ1) is 10.1. The Hall–Kier alpha value is -1.63. The summed E-state index contributed by atoms with van der Waals surface area (Å²) in [5, 5.41) is 3.26. The van der Waals surface area contributed by atoms with Crippen molar-refractivity contribution in [1.82, 2.24) is 10.2 Å². The average Bonchev–Trinajstić information content (AvgIpc) is 3.07. The summed E-state index contributed by atoms with van der Waals surface area (Å²) in [7, 11) is 0. The zero-order valence-corrected chi connectivity index (χ0v) is 12.6. The number of likely N-dealkylation sites (tertiary alicyclic amines) is 1. The molecule has 3 rings (SSSR count). The van der Waals surface area contributed by atoms with E-state index in [1.807, 2.05) is 12.2 Å². The number of allylic oxidation sites excluding steroid dienone is 2. The number of carbonyl (C=O) groups is 3. The van der Waals surface area contributed by atoms with Gasteiger partial charge in [0.2, 0.25) is 17.7 Å². The Balaban J connectivity index is 1.72. The van der Waals surface area contributed by atoms with Gasteiger partial charge in [-0.1, -0.05) is 23.9 Å². The van der Waals surface area contributed by atoms with Crippen LogP contribution in [0.1, 0.15) is 19.8 Å². The van der Waals surface area contributed by atoms with Gasteiger partial charge in [-0.25, -0.2) is 0 Å². The Kier molecular flexibility index (Phi) is 3.84. The molecule has 0 radical (unpaired) electrons. The second-order valence-corrected chi connectivity index (χ2v) is 6.49. The molecule has 21 heavy (non-hydrogen) atoms. The number of hydrogen-bond acceptors (Lipinski definition) is 5. The van der Waals surface area contributed by atoms with E-state index in [0.717, 1.165) is 10.7 Å². The molecule has 1 aliphatic carbocycles. The van der Waals surface area contributed by atoms with Gasteiger partial charge >= 0.3 is 0 Å². The van der Waals surface area contributed by atoms with Crippen LogP contribution in [0.2, 0.25) is 0 Å². The fourth-order valence-electron chi connectivity index (χ4n) is 2.95. The number of amides is 3. The Morgan fingerprint density at radius 2 is 1.95 bits per heavy atom. The minimum atomic E-state index is -0.792. The standard InChI is InChI=1S/C14H17N3O3S/c1-8(11(18)16-14-15-6-7-21-14)17-12(19)9-4-2-3-5-10(9)13(17)20/h2-3,8-10H,4-7H2,1H3,(H,15,16,18)/t8-,9+,10+/m1/s1. The van der Waals surface area contributed by atoms with E-state index < -0.39 is 6.04 Å². The maximum Gasteiger partial charge on any atom is 0.248 e. The molecule has 2 heterocycles. The van der Waals surface area contributed by atoms with Crippen LogP contribution in [0, 0.1) is 11.8 Å². The van der Waals surface area contributed by atoms with Crippen molar-refractivity contribution < 1.29 is 14.4 Å².